The molecule has 2 N–H and O–H groups in total. The van der Waals surface area contributed by atoms with Crippen molar-refractivity contribution in [3.63, 3.8) is 0 Å². The number of rotatable bonds is 7. The van der Waals surface area contributed by atoms with Crippen LogP contribution < -0.4 is 44.7 Å². The van der Waals surface area contributed by atoms with E-state index in [0.717, 1.165) is 0 Å². The minimum absolute atomic E-state index is 0. The van der Waals surface area contributed by atoms with Crippen molar-refractivity contribution in [2.45, 2.75) is 18.2 Å². The van der Waals surface area contributed by atoms with Gasteiger partial charge in [-0.2, -0.15) is 13.5 Å². The summed E-state index contributed by atoms with van der Waals surface area (Å²) in [7, 11) is -3.30. The summed E-state index contributed by atoms with van der Waals surface area (Å²) in [6.07, 6.45) is 0.257. The molecule has 0 heterocycles. The molecule has 0 radical (unpaired) electrons. The number of benzene rings is 4. The fourth-order valence-electron chi connectivity index (χ4n) is 3.89. The third-order valence-electron chi connectivity index (χ3n) is 5.68. The second-order valence-electron chi connectivity index (χ2n) is 8.03. The van der Waals surface area contributed by atoms with Crippen molar-refractivity contribution in [2.75, 3.05) is 12.4 Å². The number of methoxy groups -OCH3 is 1. The molecule has 0 spiro atoms. The zero-order valence-electron chi connectivity index (χ0n) is 21.0. The number of nitrogens with one attached hydrogen (secondary N) is 1. The zero-order valence-corrected chi connectivity index (χ0v) is 25.4. The van der Waals surface area contributed by atoms with Crippen LogP contribution in [-0.4, -0.2) is 26.0 Å². The predicted molar refractivity (Wildman–Crippen MR) is 144 cm³/mol. The summed E-state index contributed by atoms with van der Waals surface area (Å²) in [4.78, 5) is 12.7. The molecule has 0 aliphatic carbocycles. The number of halogens is 2. The molecule has 9 nitrogen and oxygen atoms in total. The summed E-state index contributed by atoms with van der Waals surface area (Å²) < 4.78 is 39.3. The van der Waals surface area contributed by atoms with E-state index in [1.165, 1.54) is 31.4 Å². The van der Waals surface area contributed by atoms with E-state index in [9.17, 15) is 22.9 Å². The summed E-state index contributed by atoms with van der Waals surface area (Å²) in [6, 6.07) is 15.6. The average molecular weight is 596 g/mol. The normalized spacial score (nSPS) is 11.4. The summed E-state index contributed by atoms with van der Waals surface area (Å²) in [5.41, 5.74) is -0.271. The van der Waals surface area contributed by atoms with Crippen molar-refractivity contribution in [3.8, 4) is 11.5 Å². The van der Waals surface area contributed by atoms with Gasteiger partial charge in [-0.1, -0.05) is 66.2 Å². The van der Waals surface area contributed by atoms with Crippen molar-refractivity contribution in [1.29, 1.82) is 0 Å². The fraction of sp³-hybridized carbons (Fsp3) is 0.115. The van der Waals surface area contributed by atoms with Crippen molar-refractivity contribution in [2.24, 2.45) is 10.2 Å². The van der Waals surface area contributed by atoms with Crippen LogP contribution in [0.1, 0.15) is 22.8 Å². The Labute approximate surface area is 256 Å². The van der Waals surface area contributed by atoms with Crippen LogP contribution in [0, 0.1) is 0 Å². The molecule has 0 unspecified atom stereocenters. The molecule has 0 bridgehead atoms. The van der Waals surface area contributed by atoms with Gasteiger partial charge in [-0.3, -0.25) is 9.35 Å². The fourth-order valence-corrected chi connectivity index (χ4v) is 5.26. The van der Waals surface area contributed by atoms with E-state index in [4.69, 9.17) is 27.9 Å². The number of carbonyl (C=O) groups excluding carboxylic acids is 1. The van der Waals surface area contributed by atoms with Crippen LogP contribution in [0.25, 0.3) is 10.8 Å². The Morgan fingerprint density at radius 2 is 1.74 bits per heavy atom. The maximum absolute atomic E-state index is 13.5. The van der Waals surface area contributed by atoms with E-state index < -0.39 is 26.7 Å². The molecule has 0 saturated carbocycles. The van der Waals surface area contributed by atoms with Crippen molar-refractivity contribution in [1.82, 2.24) is 0 Å². The number of hydrogen-bond donors (Lipinski definition) is 2. The summed E-state index contributed by atoms with van der Waals surface area (Å²) in [5.74, 6) is -1.18. The van der Waals surface area contributed by atoms with Gasteiger partial charge in [0.1, 0.15) is 16.3 Å². The number of aryl methyl sites for hydroxylation is 1. The van der Waals surface area contributed by atoms with E-state index in [0.29, 0.717) is 21.5 Å². The topological polar surface area (TPSA) is 140 Å². The smallest absolute Gasteiger partial charge is 0.870 e. The van der Waals surface area contributed by atoms with Crippen molar-refractivity contribution >= 4 is 67.1 Å². The Kier molecular flexibility index (Phi) is 10.0. The SMILES string of the molecule is CCc1ccc(Cl)c(N=Nc2c([O-])c(C(=O)Nc3cc(Cl)ccc3OC)cc3ccccc23)c1S(=O)(=O)O.[Na+]. The van der Waals surface area contributed by atoms with Crippen LogP contribution in [0.15, 0.2) is 75.8 Å². The van der Waals surface area contributed by atoms with Gasteiger partial charge in [0.2, 0.25) is 0 Å². The molecular formula is C26H20Cl2N3NaO6S. The summed E-state index contributed by atoms with van der Waals surface area (Å²) >= 11 is 12.3. The zero-order chi connectivity index (χ0) is 27.6. The van der Waals surface area contributed by atoms with Crippen LogP contribution in [-0.2, 0) is 16.5 Å². The van der Waals surface area contributed by atoms with Gasteiger partial charge in [-0.15, -0.1) is 5.11 Å². The van der Waals surface area contributed by atoms with E-state index in [2.05, 4.69) is 15.5 Å². The number of nitrogens with zero attached hydrogens (tertiary/aromatic N) is 2. The molecule has 13 heteroatoms. The molecule has 0 fully saturated rings. The molecule has 1 amide bonds. The summed E-state index contributed by atoms with van der Waals surface area (Å²) in [6.45, 7) is 1.69. The second kappa shape index (κ2) is 12.6. The van der Waals surface area contributed by atoms with Gasteiger partial charge >= 0.3 is 29.6 Å². The molecular weight excluding hydrogens is 576 g/mol. The molecule has 0 atom stereocenters. The van der Waals surface area contributed by atoms with Gasteiger partial charge in [-0.05, 0) is 47.7 Å². The van der Waals surface area contributed by atoms with Gasteiger partial charge in [0.05, 0.1) is 23.5 Å². The number of azo groups is 1. The monoisotopic (exact) mass is 595 g/mol. The molecule has 39 heavy (non-hydrogen) atoms. The molecule has 0 aliphatic rings. The van der Waals surface area contributed by atoms with E-state index in [-0.39, 0.29) is 69.2 Å². The number of anilines is 1. The first kappa shape index (κ1) is 30.8. The number of fused-ring (bicyclic) bond motifs is 1. The maximum atomic E-state index is 13.5. The number of amides is 1. The van der Waals surface area contributed by atoms with Crippen LogP contribution in [0.4, 0.5) is 17.1 Å². The Bertz CT molecular complexity index is 1710. The Morgan fingerprint density at radius 1 is 1.05 bits per heavy atom. The van der Waals surface area contributed by atoms with Gasteiger partial charge in [-0.25, -0.2) is 0 Å². The molecule has 196 valence electrons. The van der Waals surface area contributed by atoms with Crippen LogP contribution >= 0.6 is 23.2 Å². The minimum Gasteiger partial charge on any atom is -0.870 e. The first-order chi connectivity index (χ1) is 18.0. The van der Waals surface area contributed by atoms with E-state index in [1.54, 1.807) is 43.3 Å². The molecule has 0 saturated heterocycles. The molecule has 4 aromatic carbocycles. The molecule has 4 rings (SSSR count). The maximum Gasteiger partial charge on any atom is 1.00 e. The van der Waals surface area contributed by atoms with Gasteiger partial charge in [0.15, 0.2) is 0 Å². The Balaban J connectivity index is 0.00000420. The van der Waals surface area contributed by atoms with E-state index in [1.807, 2.05) is 0 Å². The molecule has 0 aliphatic heterocycles. The van der Waals surface area contributed by atoms with Gasteiger partial charge < -0.3 is 15.2 Å². The quantitative estimate of drug-likeness (QED) is 0.189. The van der Waals surface area contributed by atoms with Crippen molar-refractivity contribution in [3.05, 3.63) is 81.8 Å². The van der Waals surface area contributed by atoms with Crippen molar-refractivity contribution < 1.29 is 57.2 Å². The van der Waals surface area contributed by atoms with Crippen LogP contribution in [0.5, 0.6) is 11.5 Å². The van der Waals surface area contributed by atoms with Gasteiger partial charge in [0, 0.05) is 16.0 Å². The third kappa shape index (κ3) is 6.55. The van der Waals surface area contributed by atoms with Crippen LogP contribution in [0.3, 0.4) is 0 Å². The first-order valence-electron chi connectivity index (χ1n) is 11.1. The largest absolute Gasteiger partial charge is 1.00 e. The first-order valence-corrected chi connectivity index (χ1v) is 13.3. The second-order valence-corrected chi connectivity index (χ2v) is 10.2. The average Bonchev–Trinajstić information content (AvgIpc) is 2.87. The van der Waals surface area contributed by atoms with Gasteiger partial charge in [0.25, 0.3) is 16.0 Å². The summed E-state index contributed by atoms with van der Waals surface area (Å²) in [5, 5.41) is 25.2. The number of carbonyl (C=O) groups is 1. The molecule has 4 aromatic rings. The minimum atomic E-state index is -4.73. The Hall–Kier alpha value is -2.70. The third-order valence-corrected chi connectivity index (χ3v) is 7.19. The Morgan fingerprint density at radius 3 is 2.41 bits per heavy atom. The standard InChI is InChI=1S/C26H21Cl2N3O6S.Na/c1-3-14-8-10-19(28)23(25(14)38(34,35)36)31-30-22-17-7-5-4-6-15(17)12-18(24(22)32)26(33)29-20-13-16(27)9-11-21(20)37-2;/h4-13,32H,3H2,1-2H3,(H,29,33)(H,34,35,36);/q;+1/p-1. The number of ether oxygens (including phenoxy) is 1. The molecule has 0 aromatic heterocycles. The predicted octanol–water partition coefficient (Wildman–Crippen LogP) is 3.71. The van der Waals surface area contributed by atoms with Crippen LogP contribution in [0.2, 0.25) is 10.0 Å². The van der Waals surface area contributed by atoms with E-state index >= 15 is 0 Å². The number of hydrogen-bond acceptors (Lipinski definition) is 7.